The van der Waals surface area contributed by atoms with Crippen molar-refractivity contribution in [1.82, 2.24) is 20.1 Å². The van der Waals surface area contributed by atoms with Crippen LogP contribution in [0.15, 0.2) is 30.3 Å². The van der Waals surface area contributed by atoms with Crippen molar-refractivity contribution >= 4 is 5.91 Å². The summed E-state index contributed by atoms with van der Waals surface area (Å²) in [5.74, 6) is 2.06. The van der Waals surface area contributed by atoms with E-state index in [1.54, 1.807) is 0 Å². The molecule has 1 aromatic carbocycles. The van der Waals surface area contributed by atoms with Crippen molar-refractivity contribution in [2.24, 2.45) is 5.92 Å². The van der Waals surface area contributed by atoms with Gasteiger partial charge in [0.15, 0.2) is 5.82 Å². The number of piperidine rings is 1. The number of H-pyrrole nitrogens is 1. The van der Waals surface area contributed by atoms with E-state index < -0.39 is 0 Å². The van der Waals surface area contributed by atoms with Gasteiger partial charge in [0.1, 0.15) is 5.82 Å². The molecule has 1 N–H and O–H groups in total. The third kappa shape index (κ3) is 3.31. The molecule has 2 aliphatic rings. The molecule has 132 valence electrons. The number of hydrogen-bond acceptors (Lipinski definition) is 4. The van der Waals surface area contributed by atoms with Crippen LogP contribution in [-0.4, -0.2) is 51.8 Å². The standard InChI is InChI=1S/C19H24N4O2/c1-13-16(9-11-25-13)19(24)23-10-5-8-15(12-23)18-20-17(21-22-18)14-6-3-2-4-7-14/h2-4,6-7,13,15-16H,5,8-12H2,1H3,(H,20,21,22)/t13-,15+,16+/m0/s1. The number of amides is 1. The molecule has 2 aliphatic heterocycles. The van der Waals surface area contributed by atoms with Crippen LogP contribution in [0.5, 0.6) is 0 Å². The quantitative estimate of drug-likeness (QED) is 0.932. The van der Waals surface area contributed by atoms with Crippen molar-refractivity contribution in [2.75, 3.05) is 19.7 Å². The Kier molecular flexibility index (Phi) is 4.53. The van der Waals surface area contributed by atoms with Crippen LogP contribution in [0, 0.1) is 5.92 Å². The van der Waals surface area contributed by atoms with E-state index >= 15 is 0 Å². The van der Waals surface area contributed by atoms with Gasteiger partial charge in [0.05, 0.1) is 12.0 Å². The van der Waals surface area contributed by atoms with E-state index in [0.29, 0.717) is 13.2 Å². The summed E-state index contributed by atoms with van der Waals surface area (Å²) in [6.07, 6.45) is 2.90. The van der Waals surface area contributed by atoms with Crippen LogP contribution in [0.25, 0.3) is 11.4 Å². The molecule has 3 heterocycles. The van der Waals surface area contributed by atoms with Gasteiger partial charge in [-0.25, -0.2) is 4.98 Å². The van der Waals surface area contributed by atoms with Crippen molar-refractivity contribution in [1.29, 1.82) is 0 Å². The van der Waals surface area contributed by atoms with E-state index in [1.807, 2.05) is 42.2 Å². The Balaban J connectivity index is 1.46. The van der Waals surface area contributed by atoms with Gasteiger partial charge in [-0.1, -0.05) is 30.3 Å². The summed E-state index contributed by atoms with van der Waals surface area (Å²) in [5.41, 5.74) is 1.01. The van der Waals surface area contributed by atoms with Crippen LogP contribution in [0.1, 0.15) is 37.9 Å². The van der Waals surface area contributed by atoms with Gasteiger partial charge in [-0.2, -0.15) is 5.10 Å². The molecule has 6 heteroatoms. The highest BCUT2D eigenvalue weighted by atomic mass is 16.5. The Bertz CT molecular complexity index is 730. The highest BCUT2D eigenvalue weighted by molar-refractivity contribution is 5.79. The average molecular weight is 340 g/mol. The Morgan fingerprint density at radius 1 is 1.28 bits per heavy atom. The molecule has 1 aromatic heterocycles. The monoisotopic (exact) mass is 340 g/mol. The van der Waals surface area contributed by atoms with E-state index in [1.165, 1.54) is 0 Å². The first kappa shape index (κ1) is 16.3. The molecule has 2 aromatic rings. The predicted molar refractivity (Wildman–Crippen MR) is 93.9 cm³/mol. The highest BCUT2D eigenvalue weighted by Crippen LogP contribution is 2.29. The molecule has 1 amide bonds. The van der Waals surface area contributed by atoms with Gasteiger partial charge in [0.2, 0.25) is 5.91 Å². The molecule has 4 rings (SSSR count). The zero-order chi connectivity index (χ0) is 17.2. The van der Waals surface area contributed by atoms with Crippen molar-refractivity contribution in [2.45, 2.75) is 38.2 Å². The van der Waals surface area contributed by atoms with E-state index in [9.17, 15) is 4.79 Å². The largest absolute Gasteiger partial charge is 0.378 e. The maximum absolute atomic E-state index is 12.8. The van der Waals surface area contributed by atoms with E-state index in [-0.39, 0.29) is 23.8 Å². The molecular weight excluding hydrogens is 316 g/mol. The summed E-state index contributed by atoms with van der Waals surface area (Å²) < 4.78 is 5.57. The molecule has 0 unspecified atom stereocenters. The number of aromatic nitrogens is 3. The fourth-order valence-electron chi connectivity index (χ4n) is 3.86. The summed E-state index contributed by atoms with van der Waals surface area (Å²) >= 11 is 0. The number of ether oxygens (including phenoxy) is 1. The molecule has 3 atom stereocenters. The second kappa shape index (κ2) is 6.96. The third-order valence-electron chi connectivity index (χ3n) is 5.35. The van der Waals surface area contributed by atoms with Crippen LogP contribution < -0.4 is 0 Å². The van der Waals surface area contributed by atoms with Gasteiger partial charge in [0.25, 0.3) is 0 Å². The average Bonchev–Trinajstić information content (AvgIpc) is 3.31. The number of likely N-dealkylation sites (tertiary alicyclic amines) is 1. The Hall–Kier alpha value is -2.21. The van der Waals surface area contributed by atoms with Gasteiger partial charge in [0, 0.05) is 31.2 Å². The number of carbonyl (C=O) groups is 1. The molecule has 6 nitrogen and oxygen atoms in total. The topological polar surface area (TPSA) is 71.1 Å². The molecular formula is C19H24N4O2. The highest BCUT2D eigenvalue weighted by Gasteiger charge is 2.36. The Labute approximate surface area is 147 Å². The smallest absolute Gasteiger partial charge is 0.228 e. The number of aromatic amines is 1. The minimum Gasteiger partial charge on any atom is -0.378 e. The van der Waals surface area contributed by atoms with Crippen molar-refractivity contribution in [3.63, 3.8) is 0 Å². The van der Waals surface area contributed by atoms with Crippen LogP contribution >= 0.6 is 0 Å². The lowest BCUT2D eigenvalue weighted by molar-refractivity contribution is -0.138. The van der Waals surface area contributed by atoms with E-state index in [4.69, 9.17) is 4.74 Å². The molecule has 0 aliphatic carbocycles. The number of benzene rings is 1. The lowest BCUT2D eigenvalue weighted by Gasteiger charge is -2.33. The zero-order valence-corrected chi connectivity index (χ0v) is 14.5. The van der Waals surface area contributed by atoms with Crippen LogP contribution in [0.2, 0.25) is 0 Å². The number of carbonyl (C=O) groups excluding carboxylic acids is 1. The molecule has 0 bridgehead atoms. The van der Waals surface area contributed by atoms with Crippen LogP contribution in [0.3, 0.4) is 0 Å². The minimum absolute atomic E-state index is 0.00774. The molecule has 25 heavy (non-hydrogen) atoms. The summed E-state index contributed by atoms with van der Waals surface area (Å²) in [5, 5.41) is 7.45. The maximum atomic E-state index is 12.8. The van der Waals surface area contributed by atoms with Crippen LogP contribution in [0.4, 0.5) is 0 Å². The summed E-state index contributed by atoms with van der Waals surface area (Å²) in [6, 6.07) is 9.96. The molecule has 0 saturated carbocycles. The van der Waals surface area contributed by atoms with Gasteiger partial charge < -0.3 is 9.64 Å². The SMILES string of the molecule is C[C@@H]1OCC[C@H]1C(=O)N1CCC[C@@H](c2nc(-c3ccccc3)n[nH]2)C1. The van der Waals surface area contributed by atoms with Gasteiger partial charge in [-0.05, 0) is 26.2 Å². The first-order chi connectivity index (χ1) is 12.2. The van der Waals surface area contributed by atoms with Crippen molar-refractivity contribution < 1.29 is 9.53 Å². The number of nitrogens with zero attached hydrogens (tertiary/aromatic N) is 3. The fourth-order valence-corrected chi connectivity index (χ4v) is 3.86. The van der Waals surface area contributed by atoms with Crippen molar-refractivity contribution in [3.05, 3.63) is 36.2 Å². The van der Waals surface area contributed by atoms with Gasteiger partial charge in [-0.3, -0.25) is 9.89 Å². The fraction of sp³-hybridized carbons (Fsp3) is 0.526. The summed E-state index contributed by atoms with van der Waals surface area (Å²) in [7, 11) is 0. The molecule has 2 fully saturated rings. The second-order valence-corrected chi connectivity index (χ2v) is 7.00. The third-order valence-corrected chi connectivity index (χ3v) is 5.35. The minimum atomic E-state index is 0.00774. The normalized spacial score (nSPS) is 26.8. The first-order valence-corrected chi connectivity index (χ1v) is 9.10. The van der Waals surface area contributed by atoms with Crippen molar-refractivity contribution in [3.8, 4) is 11.4 Å². The molecule has 2 saturated heterocycles. The lowest BCUT2D eigenvalue weighted by Crippen LogP contribution is -2.44. The van der Waals surface area contributed by atoms with E-state index in [0.717, 1.165) is 43.0 Å². The predicted octanol–water partition coefficient (Wildman–Crippen LogP) is 2.60. The molecule has 0 radical (unpaired) electrons. The Morgan fingerprint density at radius 2 is 2.12 bits per heavy atom. The lowest BCUT2D eigenvalue weighted by atomic mass is 9.94. The van der Waals surface area contributed by atoms with Gasteiger partial charge in [-0.15, -0.1) is 0 Å². The van der Waals surface area contributed by atoms with E-state index in [2.05, 4.69) is 15.2 Å². The summed E-state index contributed by atoms with van der Waals surface area (Å²) in [6.45, 7) is 4.24. The van der Waals surface area contributed by atoms with Crippen LogP contribution in [-0.2, 0) is 9.53 Å². The number of nitrogens with one attached hydrogen (secondary N) is 1. The molecule has 0 spiro atoms. The number of rotatable bonds is 3. The summed E-state index contributed by atoms with van der Waals surface area (Å²) in [4.78, 5) is 19.5. The second-order valence-electron chi connectivity index (χ2n) is 7.00. The zero-order valence-electron chi connectivity index (χ0n) is 14.5. The number of hydrogen-bond donors (Lipinski definition) is 1. The maximum Gasteiger partial charge on any atom is 0.228 e. The Morgan fingerprint density at radius 3 is 2.88 bits per heavy atom. The van der Waals surface area contributed by atoms with Gasteiger partial charge >= 0.3 is 0 Å². The first-order valence-electron chi connectivity index (χ1n) is 9.10.